The Hall–Kier alpha value is -2.01. The monoisotopic (exact) mass is 353 g/mol. The maximum absolute atomic E-state index is 6.14. The number of methoxy groups -OCH3 is 1. The Morgan fingerprint density at radius 3 is 2.69 bits per heavy atom. The molecule has 0 bridgehead atoms. The summed E-state index contributed by atoms with van der Waals surface area (Å²) >= 11 is 0. The number of fused-ring (bicyclic) bond motifs is 3. The van der Waals surface area contributed by atoms with Gasteiger partial charge in [0, 0.05) is 48.4 Å². The van der Waals surface area contributed by atoms with E-state index in [2.05, 4.69) is 17.4 Å². The summed E-state index contributed by atoms with van der Waals surface area (Å²) in [5.41, 5.74) is 5.06. The second-order valence-corrected chi connectivity index (χ2v) is 7.76. The number of aromatic nitrogens is 1. The van der Waals surface area contributed by atoms with E-state index in [0.717, 1.165) is 48.5 Å². The first-order valence-electron chi connectivity index (χ1n) is 10.0. The molecule has 1 aromatic heterocycles. The summed E-state index contributed by atoms with van der Waals surface area (Å²) in [6.45, 7) is 2.99. The van der Waals surface area contributed by atoms with Gasteiger partial charge in [0.25, 0.3) is 0 Å². The zero-order valence-corrected chi connectivity index (χ0v) is 15.5. The largest absolute Gasteiger partial charge is 0.493 e. The molecule has 1 aromatic carbocycles. The molecule has 5 heteroatoms. The summed E-state index contributed by atoms with van der Waals surface area (Å²) in [6, 6.07) is 4.19. The van der Waals surface area contributed by atoms with Crippen molar-refractivity contribution in [2.45, 2.75) is 50.9 Å². The first-order valence-corrected chi connectivity index (χ1v) is 10.0. The van der Waals surface area contributed by atoms with Crippen LogP contribution in [-0.4, -0.2) is 36.8 Å². The molecule has 138 valence electrons. The molecule has 1 N–H and O–H groups in total. The average molecular weight is 353 g/mol. The lowest BCUT2D eigenvalue weighted by molar-refractivity contribution is -0.0366. The summed E-state index contributed by atoms with van der Waals surface area (Å²) in [4.78, 5) is 11.2. The molecule has 0 spiro atoms. The highest BCUT2D eigenvalue weighted by Gasteiger charge is 2.31. The van der Waals surface area contributed by atoms with Gasteiger partial charge in [-0.15, -0.1) is 5.06 Å². The summed E-state index contributed by atoms with van der Waals surface area (Å²) in [5, 5.41) is 6.89. The highest BCUT2D eigenvalue weighted by Crippen LogP contribution is 2.46. The summed E-state index contributed by atoms with van der Waals surface area (Å²) in [7, 11) is 1.72. The Labute approximate surface area is 154 Å². The SMILES string of the molecule is COc1cc2c3c(c(C4CC4)nc2cc1ON1CCCC1)CCCCN3. The molecule has 2 fully saturated rings. The van der Waals surface area contributed by atoms with Crippen LogP contribution in [0.15, 0.2) is 12.1 Å². The highest BCUT2D eigenvalue weighted by molar-refractivity contribution is 5.96. The van der Waals surface area contributed by atoms with Gasteiger partial charge in [-0.05, 0) is 56.6 Å². The van der Waals surface area contributed by atoms with E-state index in [1.807, 2.05) is 5.06 Å². The molecule has 0 atom stereocenters. The number of rotatable bonds is 4. The van der Waals surface area contributed by atoms with Crippen LogP contribution in [0.1, 0.15) is 55.7 Å². The summed E-state index contributed by atoms with van der Waals surface area (Å²) < 4.78 is 5.67. The van der Waals surface area contributed by atoms with Gasteiger partial charge < -0.3 is 14.9 Å². The molecular weight excluding hydrogens is 326 g/mol. The topological polar surface area (TPSA) is 46.6 Å². The fraction of sp³-hybridized carbons (Fsp3) is 0.571. The Balaban J connectivity index is 1.64. The fourth-order valence-electron chi connectivity index (χ4n) is 4.27. The average Bonchev–Trinajstić information content (AvgIpc) is 3.43. The number of ether oxygens (including phenoxy) is 1. The molecule has 2 aromatic rings. The summed E-state index contributed by atoms with van der Waals surface area (Å²) in [5.74, 6) is 2.22. The molecule has 1 aliphatic carbocycles. The van der Waals surface area contributed by atoms with Crippen molar-refractivity contribution in [3.05, 3.63) is 23.4 Å². The van der Waals surface area contributed by atoms with Crippen molar-refractivity contribution >= 4 is 16.6 Å². The van der Waals surface area contributed by atoms with Crippen molar-refractivity contribution in [2.75, 3.05) is 32.1 Å². The van der Waals surface area contributed by atoms with Crippen LogP contribution >= 0.6 is 0 Å². The number of hydrogen-bond acceptors (Lipinski definition) is 5. The van der Waals surface area contributed by atoms with E-state index in [1.165, 1.54) is 55.5 Å². The molecule has 26 heavy (non-hydrogen) atoms. The van der Waals surface area contributed by atoms with Gasteiger partial charge in [0.2, 0.25) is 0 Å². The van der Waals surface area contributed by atoms with E-state index in [0.29, 0.717) is 5.92 Å². The van der Waals surface area contributed by atoms with Crippen molar-refractivity contribution in [3.63, 3.8) is 0 Å². The third-order valence-electron chi connectivity index (χ3n) is 5.82. The van der Waals surface area contributed by atoms with Gasteiger partial charge in [-0.25, -0.2) is 0 Å². The molecule has 2 aliphatic heterocycles. The second kappa shape index (κ2) is 6.62. The van der Waals surface area contributed by atoms with Gasteiger partial charge >= 0.3 is 0 Å². The zero-order valence-electron chi connectivity index (χ0n) is 15.5. The third kappa shape index (κ3) is 2.88. The smallest absolute Gasteiger partial charge is 0.191 e. The lowest BCUT2D eigenvalue weighted by atomic mass is 9.99. The van der Waals surface area contributed by atoms with E-state index >= 15 is 0 Å². The van der Waals surface area contributed by atoms with E-state index in [9.17, 15) is 0 Å². The minimum atomic E-state index is 0.651. The van der Waals surface area contributed by atoms with E-state index in [4.69, 9.17) is 14.6 Å². The molecule has 0 amide bonds. The van der Waals surface area contributed by atoms with Crippen molar-refractivity contribution in [2.24, 2.45) is 0 Å². The van der Waals surface area contributed by atoms with Crippen molar-refractivity contribution < 1.29 is 9.57 Å². The molecule has 3 heterocycles. The summed E-state index contributed by atoms with van der Waals surface area (Å²) in [6.07, 6.45) is 8.52. The number of hydroxylamine groups is 2. The maximum Gasteiger partial charge on any atom is 0.191 e. The van der Waals surface area contributed by atoms with Crippen molar-refractivity contribution in [1.29, 1.82) is 0 Å². The van der Waals surface area contributed by atoms with E-state index in [1.54, 1.807) is 7.11 Å². The van der Waals surface area contributed by atoms with Crippen LogP contribution in [0.2, 0.25) is 0 Å². The minimum absolute atomic E-state index is 0.651. The van der Waals surface area contributed by atoms with Crippen LogP contribution in [-0.2, 0) is 6.42 Å². The van der Waals surface area contributed by atoms with Crippen LogP contribution in [0.5, 0.6) is 11.5 Å². The molecule has 0 radical (unpaired) electrons. The van der Waals surface area contributed by atoms with E-state index < -0.39 is 0 Å². The normalized spacial score (nSPS) is 20.5. The van der Waals surface area contributed by atoms with Crippen LogP contribution in [0, 0.1) is 0 Å². The standard InChI is InChI=1S/C21H27N3O2/c1-25-18-12-16-17(13-19(18)26-24-10-4-5-11-24)23-20(14-7-8-14)15-6-2-3-9-22-21(15)16/h12-14,22H,2-11H2,1H3. The lowest BCUT2D eigenvalue weighted by Gasteiger charge is -2.20. The molecule has 5 rings (SSSR count). The number of benzene rings is 1. The number of pyridine rings is 1. The van der Waals surface area contributed by atoms with Crippen molar-refractivity contribution in [1.82, 2.24) is 10.0 Å². The minimum Gasteiger partial charge on any atom is -0.493 e. The maximum atomic E-state index is 6.14. The van der Waals surface area contributed by atoms with Crippen LogP contribution in [0.3, 0.4) is 0 Å². The van der Waals surface area contributed by atoms with Crippen molar-refractivity contribution in [3.8, 4) is 11.5 Å². The molecule has 3 aliphatic rings. The van der Waals surface area contributed by atoms with E-state index in [-0.39, 0.29) is 0 Å². The van der Waals surface area contributed by atoms with Gasteiger partial charge in [-0.1, -0.05) is 0 Å². The van der Waals surface area contributed by atoms with Gasteiger partial charge in [0.05, 0.1) is 12.6 Å². The quantitative estimate of drug-likeness (QED) is 0.890. The molecular formula is C21H27N3O2. The molecule has 1 saturated carbocycles. The lowest BCUT2D eigenvalue weighted by Crippen LogP contribution is -2.23. The first-order chi connectivity index (χ1) is 12.8. The Kier molecular flexibility index (Phi) is 4.12. The zero-order chi connectivity index (χ0) is 17.5. The second-order valence-electron chi connectivity index (χ2n) is 7.76. The van der Waals surface area contributed by atoms with Gasteiger partial charge in [0.1, 0.15) is 0 Å². The number of anilines is 1. The number of nitrogens with zero attached hydrogens (tertiary/aromatic N) is 2. The molecule has 1 saturated heterocycles. The number of hydrogen-bond donors (Lipinski definition) is 1. The third-order valence-corrected chi connectivity index (χ3v) is 5.82. The predicted molar refractivity (Wildman–Crippen MR) is 103 cm³/mol. The van der Waals surface area contributed by atoms with Gasteiger partial charge in [-0.3, -0.25) is 4.98 Å². The van der Waals surface area contributed by atoms with Gasteiger partial charge in [0.15, 0.2) is 11.5 Å². The van der Waals surface area contributed by atoms with Gasteiger partial charge in [-0.2, -0.15) is 0 Å². The Bertz CT molecular complexity index is 826. The Morgan fingerprint density at radius 2 is 1.92 bits per heavy atom. The highest BCUT2D eigenvalue weighted by atomic mass is 16.7. The van der Waals surface area contributed by atoms with Crippen LogP contribution in [0.25, 0.3) is 10.9 Å². The molecule has 5 nitrogen and oxygen atoms in total. The number of nitrogens with one attached hydrogen (secondary N) is 1. The molecule has 0 unspecified atom stereocenters. The van der Waals surface area contributed by atoms with Crippen LogP contribution in [0.4, 0.5) is 5.69 Å². The fourth-order valence-corrected chi connectivity index (χ4v) is 4.27. The predicted octanol–water partition coefficient (Wildman–Crippen LogP) is 4.26. The van der Waals surface area contributed by atoms with Crippen LogP contribution < -0.4 is 14.9 Å². The Morgan fingerprint density at radius 1 is 1.08 bits per heavy atom. The first kappa shape index (κ1) is 16.2.